The van der Waals surface area contributed by atoms with Crippen molar-refractivity contribution in [1.29, 1.82) is 0 Å². The van der Waals surface area contributed by atoms with Crippen molar-refractivity contribution in [1.82, 2.24) is 0 Å². The van der Waals surface area contributed by atoms with Gasteiger partial charge in [-0.3, -0.25) is 0 Å². The van der Waals surface area contributed by atoms with Crippen LogP contribution in [0.15, 0.2) is 10.5 Å². The van der Waals surface area contributed by atoms with Crippen molar-refractivity contribution >= 4 is 21.9 Å². The van der Waals surface area contributed by atoms with E-state index in [0.717, 1.165) is 11.1 Å². The molecule has 0 atom stereocenters. The Hall–Kier alpha value is -1.03. The van der Waals surface area contributed by atoms with E-state index in [-0.39, 0.29) is 5.97 Å². The van der Waals surface area contributed by atoms with E-state index >= 15 is 0 Å². The lowest BCUT2D eigenvalue weighted by Crippen LogP contribution is -2.05. The normalized spacial score (nSPS) is 9.93. The molecule has 0 aliphatic carbocycles. The van der Waals surface area contributed by atoms with Crippen LogP contribution >= 0.6 is 15.9 Å². The third-order valence-electron chi connectivity index (χ3n) is 2.34. The van der Waals surface area contributed by atoms with Gasteiger partial charge < -0.3 is 9.47 Å². The van der Waals surface area contributed by atoms with E-state index in [1.807, 2.05) is 13.8 Å². The van der Waals surface area contributed by atoms with Gasteiger partial charge in [-0.15, -0.1) is 0 Å². The molecule has 0 saturated heterocycles. The minimum Gasteiger partial charge on any atom is -0.495 e. The van der Waals surface area contributed by atoms with Crippen molar-refractivity contribution in [2.75, 3.05) is 14.2 Å². The molecule has 82 valence electrons. The highest BCUT2D eigenvalue weighted by molar-refractivity contribution is 9.10. The Morgan fingerprint density at radius 2 is 1.93 bits per heavy atom. The molecule has 0 bridgehead atoms. The quantitative estimate of drug-likeness (QED) is 0.777. The molecule has 1 rings (SSSR count). The minimum atomic E-state index is -0.372. The number of ether oxygens (including phenoxy) is 2. The fourth-order valence-electron chi connectivity index (χ4n) is 1.36. The maximum absolute atomic E-state index is 11.5. The summed E-state index contributed by atoms with van der Waals surface area (Å²) in [6.07, 6.45) is 0. The zero-order valence-corrected chi connectivity index (χ0v) is 10.8. The SMILES string of the molecule is COC(=O)c1cc(C)c(C)c(OC)c1Br. The van der Waals surface area contributed by atoms with Gasteiger partial charge in [-0.2, -0.15) is 0 Å². The molecule has 0 aliphatic heterocycles. The molecule has 0 spiro atoms. The molecule has 0 fully saturated rings. The first-order valence-corrected chi connectivity index (χ1v) is 5.24. The minimum absolute atomic E-state index is 0.372. The Balaban J connectivity index is 3.43. The highest BCUT2D eigenvalue weighted by Gasteiger charge is 2.17. The lowest BCUT2D eigenvalue weighted by atomic mass is 10.0. The molecular formula is C11H13BrO3. The summed E-state index contributed by atoms with van der Waals surface area (Å²) in [6, 6.07) is 1.79. The van der Waals surface area contributed by atoms with Gasteiger partial charge in [-0.25, -0.2) is 4.79 Å². The van der Waals surface area contributed by atoms with Gasteiger partial charge >= 0.3 is 5.97 Å². The third kappa shape index (κ3) is 2.15. The van der Waals surface area contributed by atoms with Crippen LogP contribution in [0.4, 0.5) is 0 Å². The highest BCUT2D eigenvalue weighted by Crippen LogP contribution is 2.34. The van der Waals surface area contributed by atoms with E-state index in [1.54, 1.807) is 13.2 Å². The molecule has 0 N–H and O–H groups in total. The zero-order valence-electron chi connectivity index (χ0n) is 9.18. The van der Waals surface area contributed by atoms with Crippen LogP contribution in [0.1, 0.15) is 21.5 Å². The maximum atomic E-state index is 11.5. The van der Waals surface area contributed by atoms with Gasteiger partial charge in [-0.05, 0) is 47.0 Å². The highest BCUT2D eigenvalue weighted by atomic mass is 79.9. The van der Waals surface area contributed by atoms with Crippen LogP contribution in [0, 0.1) is 13.8 Å². The lowest BCUT2D eigenvalue weighted by Gasteiger charge is -2.13. The molecular weight excluding hydrogens is 260 g/mol. The fourth-order valence-corrected chi connectivity index (χ4v) is 2.09. The Bertz CT molecular complexity index is 399. The van der Waals surface area contributed by atoms with Gasteiger partial charge in [0.2, 0.25) is 0 Å². The maximum Gasteiger partial charge on any atom is 0.339 e. The number of hydrogen-bond donors (Lipinski definition) is 0. The van der Waals surface area contributed by atoms with E-state index in [1.165, 1.54) is 7.11 Å². The summed E-state index contributed by atoms with van der Waals surface area (Å²) in [7, 11) is 2.93. The van der Waals surface area contributed by atoms with Crippen molar-refractivity contribution < 1.29 is 14.3 Å². The van der Waals surface area contributed by atoms with Gasteiger partial charge in [0, 0.05) is 0 Å². The van der Waals surface area contributed by atoms with Crippen molar-refractivity contribution in [3.8, 4) is 5.75 Å². The number of hydrogen-bond acceptors (Lipinski definition) is 3. The van der Waals surface area contributed by atoms with Crippen LogP contribution in [0.5, 0.6) is 5.75 Å². The Labute approximate surface area is 97.5 Å². The topological polar surface area (TPSA) is 35.5 Å². The summed E-state index contributed by atoms with van der Waals surface area (Å²) >= 11 is 3.34. The van der Waals surface area contributed by atoms with Crippen molar-refractivity contribution in [3.05, 3.63) is 27.2 Å². The molecule has 0 amide bonds. The number of aryl methyl sites for hydroxylation is 1. The molecule has 0 unspecified atom stereocenters. The Morgan fingerprint density at radius 1 is 1.33 bits per heavy atom. The summed E-state index contributed by atoms with van der Waals surface area (Å²) in [4.78, 5) is 11.5. The van der Waals surface area contributed by atoms with Crippen LogP contribution in [-0.4, -0.2) is 20.2 Å². The molecule has 0 aromatic heterocycles. The first-order valence-electron chi connectivity index (χ1n) is 4.45. The van der Waals surface area contributed by atoms with E-state index in [2.05, 4.69) is 20.7 Å². The van der Waals surface area contributed by atoms with Crippen molar-refractivity contribution in [3.63, 3.8) is 0 Å². The third-order valence-corrected chi connectivity index (χ3v) is 3.13. The average molecular weight is 273 g/mol. The van der Waals surface area contributed by atoms with E-state index in [9.17, 15) is 4.79 Å². The molecule has 15 heavy (non-hydrogen) atoms. The number of rotatable bonds is 2. The van der Waals surface area contributed by atoms with E-state index < -0.39 is 0 Å². The number of halogens is 1. The van der Waals surface area contributed by atoms with Gasteiger partial charge in [0.15, 0.2) is 0 Å². The first-order chi connectivity index (χ1) is 7.02. The molecule has 0 radical (unpaired) electrons. The molecule has 0 aliphatic rings. The number of benzene rings is 1. The largest absolute Gasteiger partial charge is 0.495 e. The van der Waals surface area contributed by atoms with Gasteiger partial charge in [-0.1, -0.05) is 0 Å². The number of carbonyl (C=O) groups excluding carboxylic acids is 1. The van der Waals surface area contributed by atoms with Crippen LogP contribution < -0.4 is 4.74 Å². The standard InChI is InChI=1S/C11H13BrO3/c1-6-5-8(11(13)15-4)9(12)10(14-3)7(6)2/h5H,1-4H3. The molecule has 4 heteroatoms. The summed E-state index contributed by atoms with van der Waals surface area (Å²) < 4.78 is 10.6. The van der Waals surface area contributed by atoms with E-state index in [0.29, 0.717) is 15.8 Å². The predicted octanol–water partition coefficient (Wildman–Crippen LogP) is 2.86. The number of methoxy groups -OCH3 is 2. The molecule has 1 aromatic rings. The van der Waals surface area contributed by atoms with Crippen LogP contribution in [0.25, 0.3) is 0 Å². The second-order valence-electron chi connectivity index (χ2n) is 3.20. The first kappa shape index (κ1) is 12.0. The Kier molecular flexibility index (Phi) is 3.74. The van der Waals surface area contributed by atoms with Crippen LogP contribution in [0.2, 0.25) is 0 Å². The second-order valence-corrected chi connectivity index (χ2v) is 4.00. The molecule has 0 heterocycles. The average Bonchev–Trinajstić information content (AvgIpc) is 2.23. The van der Waals surface area contributed by atoms with Crippen LogP contribution in [0.3, 0.4) is 0 Å². The second kappa shape index (κ2) is 4.66. The van der Waals surface area contributed by atoms with E-state index in [4.69, 9.17) is 4.74 Å². The summed E-state index contributed by atoms with van der Waals surface area (Å²) in [6.45, 7) is 3.87. The fraction of sp³-hybridized carbons (Fsp3) is 0.364. The number of carbonyl (C=O) groups is 1. The monoisotopic (exact) mass is 272 g/mol. The zero-order chi connectivity index (χ0) is 11.6. The van der Waals surface area contributed by atoms with Crippen molar-refractivity contribution in [2.24, 2.45) is 0 Å². The molecule has 3 nitrogen and oxygen atoms in total. The van der Waals surface area contributed by atoms with Gasteiger partial charge in [0.1, 0.15) is 5.75 Å². The summed E-state index contributed by atoms with van der Waals surface area (Å²) in [5.41, 5.74) is 2.49. The summed E-state index contributed by atoms with van der Waals surface area (Å²) in [5, 5.41) is 0. The Morgan fingerprint density at radius 3 is 2.40 bits per heavy atom. The summed E-state index contributed by atoms with van der Waals surface area (Å²) in [5.74, 6) is 0.304. The van der Waals surface area contributed by atoms with Crippen molar-refractivity contribution in [2.45, 2.75) is 13.8 Å². The lowest BCUT2D eigenvalue weighted by molar-refractivity contribution is 0.0599. The van der Waals surface area contributed by atoms with Gasteiger partial charge in [0.25, 0.3) is 0 Å². The van der Waals surface area contributed by atoms with Crippen LogP contribution in [-0.2, 0) is 4.74 Å². The number of esters is 1. The smallest absolute Gasteiger partial charge is 0.339 e. The predicted molar refractivity (Wildman–Crippen MR) is 61.5 cm³/mol. The van der Waals surface area contributed by atoms with Gasteiger partial charge in [0.05, 0.1) is 24.3 Å². The molecule has 1 aromatic carbocycles. The molecule has 0 saturated carbocycles.